The summed E-state index contributed by atoms with van der Waals surface area (Å²) in [6.07, 6.45) is 9.00. The fraction of sp³-hybridized carbons (Fsp3) is 0.500. The van der Waals surface area contributed by atoms with Crippen molar-refractivity contribution in [2.75, 3.05) is 0 Å². The van der Waals surface area contributed by atoms with E-state index >= 15 is 0 Å². The van der Waals surface area contributed by atoms with Gasteiger partial charge in [0, 0.05) is 19.5 Å². The molecule has 2 rings (SSSR count). The van der Waals surface area contributed by atoms with Crippen LogP contribution in [-0.4, -0.2) is 10.9 Å². The highest BCUT2D eigenvalue weighted by Gasteiger charge is 2.20. The van der Waals surface area contributed by atoms with Gasteiger partial charge in [-0.05, 0) is 23.5 Å². The summed E-state index contributed by atoms with van der Waals surface area (Å²) < 4.78 is 0. The van der Waals surface area contributed by atoms with Crippen molar-refractivity contribution in [3.05, 3.63) is 71.8 Å². The van der Waals surface area contributed by atoms with Crippen LogP contribution in [0.3, 0.4) is 0 Å². The lowest BCUT2D eigenvalue weighted by molar-refractivity contribution is 0.179. The summed E-state index contributed by atoms with van der Waals surface area (Å²) in [5, 5.41) is 0. The molecule has 0 radical (unpaired) electrons. The second kappa shape index (κ2) is 14.0. The first-order valence-corrected chi connectivity index (χ1v) is 11.5. The average molecular weight is 390 g/mol. The van der Waals surface area contributed by atoms with Gasteiger partial charge in [0.2, 0.25) is 0 Å². The number of nitrogens with zero attached hydrogens (tertiary/aromatic N) is 1. The molecule has 2 aromatic rings. The molecule has 0 aliphatic heterocycles. The molecule has 0 fully saturated rings. The second-order valence-corrected chi connectivity index (χ2v) is 8.40. The van der Waals surface area contributed by atoms with Gasteiger partial charge in [0.05, 0.1) is 6.04 Å². The predicted octanol–water partition coefficient (Wildman–Crippen LogP) is 7.47. The molecule has 29 heavy (non-hydrogen) atoms. The smallest absolute Gasteiger partial charge is 0.0743 e. The van der Waals surface area contributed by atoms with Crippen LogP contribution in [0.4, 0.5) is 0 Å². The Bertz CT molecular complexity index is 667. The Kier molecular flexibility index (Phi) is 11.2. The molecule has 0 saturated carbocycles. The van der Waals surface area contributed by atoms with Gasteiger partial charge in [-0.2, -0.15) is 0 Å². The first-order valence-electron chi connectivity index (χ1n) is 11.5. The number of rotatable bonds is 12. The van der Waals surface area contributed by atoms with E-state index in [-0.39, 0.29) is 6.04 Å². The normalized spacial score (nSPS) is 12.0. The number of hydrogen-bond donors (Lipinski definition) is 0. The summed E-state index contributed by atoms with van der Waals surface area (Å²) in [5.74, 6) is 7.66. The van der Waals surface area contributed by atoms with Crippen LogP contribution in [0.1, 0.15) is 76.8 Å². The molecule has 156 valence electrons. The van der Waals surface area contributed by atoms with E-state index in [1.165, 1.54) is 49.7 Å². The minimum Gasteiger partial charge on any atom is -0.281 e. The molecule has 0 saturated heterocycles. The van der Waals surface area contributed by atoms with E-state index in [0.717, 1.165) is 19.5 Å². The molecule has 0 heterocycles. The first kappa shape index (κ1) is 23.2. The van der Waals surface area contributed by atoms with Crippen molar-refractivity contribution in [2.45, 2.75) is 84.8 Å². The molecule has 1 unspecified atom stereocenters. The van der Waals surface area contributed by atoms with E-state index in [1.807, 2.05) is 0 Å². The molecule has 1 atom stereocenters. The maximum Gasteiger partial charge on any atom is 0.0743 e. The molecule has 0 N–H and O–H groups in total. The maximum absolute atomic E-state index is 3.64. The third-order valence-corrected chi connectivity index (χ3v) is 5.39. The van der Waals surface area contributed by atoms with Gasteiger partial charge in [-0.3, -0.25) is 4.90 Å². The summed E-state index contributed by atoms with van der Waals surface area (Å²) in [6.45, 7) is 8.74. The summed E-state index contributed by atoms with van der Waals surface area (Å²) in [5.41, 5.74) is 2.71. The van der Waals surface area contributed by atoms with E-state index in [1.54, 1.807) is 0 Å². The monoisotopic (exact) mass is 389 g/mol. The van der Waals surface area contributed by atoms with Crippen molar-refractivity contribution in [1.82, 2.24) is 4.90 Å². The third-order valence-electron chi connectivity index (χ3n) is 5.39. The fourth-order valence-electron chi connectivity index (χ4n) is 3.74. The number of unbranched alkanes of at least 4 members (excludes halogenated alkanes) is 6. The lowest BCUT2D eigenvalue weighted by atomic mass is 10.0. The Morgan fingerprint density at radius 3 is 1.76 bits per heavy atom. The highest BCUT2D eigenvalue weighted by atomic mass is 15.2. The van der Waals surface area contributed by atoms with E-state index < -0.39 is 0 Å². The Hall–Kier alpha value is -2.04. The maximum atomic E-state index is 3.64. The quantitative estimate of drug-likeness (QED) is 0.269. The lowest BCUT2D eigenvalue weighted by Gasteiger charge is -2.31. The van der Waals surface area contributed by atoms with E-state index in [0.29, 0.717) is 5.92 Å². The molecule has 0 aliphatic rings. The van der Waals surface area contributed by atoms with Gasteiger partial charge in [0.1, 0.15) is 0 Å². The fourth-order valence-corrected chi connectivity index (χ4v) is 3.74. The van der Waals surface area contributed by atoms with Crippen molar-refractivity contribution in [1.29, 1.82) is 0 Å². The van der Waals surface area contributed by atoms with Crippen LogP contribution in [0.2, 0.25) is 0 Å². The largest absolute Gasteiger partial charge is 0.281 e. The van der Waals surface area contributed by atoms with Crippen LogP contribution in [0.25, 0.3) is 0 Å². The minimum absolute atomic E-state index is 0.274. The second-order valence-electron chi connectivity index (χ2n) is 8.40. The SMILES string of the molecule is CCCCCCCCC#CC(C(C)C)N(Cc1ccccc1)Cc1ccccc1. The van der Waals surface area contributed by atoms with Gasteiger partial charge in [0.25, 0.3) is 0 Å². The standard InChI is InChI=1S/C28H39N/c1-4-5-6-7-8-9-10-17-22-28(25(2)3)29(23-26-18-13-11-14-19-26)24-27-20-15-12-16-21-27/h11-16,18-21,25,28H,4-10,23-24H2,1-3H3. The van der Waals surface area contributed by atoms with Crippen molar-refractivity contribution in [3.8, 4) is 11.8 Å². The topological polar surface area (TPSA) is 3.24 Å². The highest BCUT2D eigenvalue weighted by Crippen LogP contribution is 2.18. The highest BCUT2D eigenvalue weighted by molar-refractivity contribution is 5.19. The summed E-state index contributed by atoms with van der Waals surface area (Å²) >= 11 is 0. The van der Waals surface area contributed by atoms with E-state index in [2.05, 4.69) is 98.2 Å². The van der Waals surface area contributed by atoms with E-state index in [4.69, 9.17) is 0 Å². The molecular formula is C28H39N. The van der Waals surface area contributed by atoms with Crippen molar-refractivity contribution >= 4 is 0 Å². The van der Waals surface area contributed by atoms with Gasteiger partial charge in [0.15, 0.2) is 0 Å². The van der Waals surface area contributed by atoms with Crippen molar-refractivity contribution < 1.29 is 0 Å². The summed E-state index contributed by atoms with van der Waals surface area (Å²) in [6, 6.07) is 21.9. The molecule has 2 aromatic carbocycles. The first-order chi connectivity index (χ1) is 14.2. The molecule has 1 nitrogen and oxygen atoms in total. The zero-order valence-electron chi connectivity index (χ0n) is 18.7. The minimum atomic E-state index is 0.274. The molecule has 0 aromatic heterocycles. The zero-order chi connectivity index (χ0) is 20.7. The van der Waals surface area contributed by atoms with Gasteiger partial charge >= 0.3 is 0 Å². The van der Waals surface area contributed by atoms with Gasteiger partial charge in [-0.25, -0.2) is 0 Å². The Labute approximate surface area is 179 Å². The Balaban J connectivity index is 2.03. The molecule has 1 heteroatoms. The summed E-state index contributed by atoms with van der Waals surface area (Å²) in [7, 11) is 0. The molecular weight excluding hydrogens is 350 g/mol. The van der Waals surface area contributed by atoms with Gasteiger partial charge < -0.3 is 0 Å². The van der Waals surface area contributed by atoms with Crippen LogP contribution in [-0.2, 0) is 13.1 Å². The van der Waals surface area contributed by atoms with Crippen LogP contribution in [0, 0.1) is 17.8 Å². The van der Waals surface area contributed by atoms with Crippen LogP contribution < -0.4 is 0 Å². The molecule has 0 spiro atoms. The molecule has 0 amide bonds. The van der Waals surface area contributed by atoms with Crippen molar-refractivity contribution in [3.63, 3.8) is 0 Å². The predicted molar refractivity (Wildman–Crippen MR) is 127 cm³/mol. The van der Waals surface area contributed by atoms with E-state index in [9.17, 15) is 0 Å². The van der Waals surface area contributed by atoms with Crippen LogP contribution in [0.15, 0.2) is 60.7 Å². The van der Waals surface area contributed by atoms with Crippen LogP contribution >= 0.6 is 0 Å². The van der Waals surface area contributed by atoms with Gasteiger partial charge in [-0.1, -0.05) is 119 Å². The number of hydrogen-bond acceptors (Lipinski definition) is 1. The summed E-state index contributed by atoms with van der Waals surface area (Å²) in [4.78, 5) is 2.55. The molecule has 0 bridgehead atoms. The lowest BCUT2D eigenvalue weighted by Crippen LogP contribution is -2.37. The third kappa shape index (κ3) is 9.33. The van der Waals surface area contributed by atoms with Crippen LogP contribution in [0.5, 0.6) is 0 Å². The zero-order valence-corrected chi connectivity index (χ0v) is 18.7. The number of benzene rings is 2. The van der Waals surface area contributed by atoms with Gasteiger partial charge in [-0.15, -0.1) is 5.92 Å². The molecule has 0 aliphatic carbocycles. The Morgan fingerprint density at radius 1 is 0.724 bits per heavy atom. The van der Waals surface area contributed by atoms with Crippen molar-refractivity contribution in [2.24, 2.45) is 5.92 Å². The average Bonchev–Trinajstić information content (AvgIpc) is 2.73. The Morgan fingerprint density at radius 2 is 1.24 bits per heavy atom.